The molecule has 0 spiro atoms. The molecule has 0 radical (unpaired) electrons. The minimum absolute atomic E-state index is 0. The summed E-state index contributed by atoms with van der Waals surface area (Å²) in [5.74, 6) is -0.239. The molecule has 1 aliphatic rings. The zero-order valence-electron chi connectivity index (χ0n) is 13.9. The van der Waals surface area contributed by atoms with Crippen LogP contribution in [0.1, 0.15) is 29.4 Å². The van der Waals surface area contributed by atoms with Crippen LogP contribution < -0.4 is 10.6 Å². The average molecular weight is 375 g/mol. The zero-order chi connectivity index (χ0) is 17.1. The Morgan fingerprint density at radius 2 is 2.23 bits per heavy atom. The van der Waals surface area contributed by atoms with E-state index in [0.717, 1.165) is 31.6 Å². The molecule has 3 aromatic rings. The molecule has 1 unspecified atom stereocenters. The maximum Gasteiger partial charge on any atom is 0.276 e. The van der Waals surface area contributed by atoms with Crippen molar-refractivity contribution in [2.75, 3.05) is 18.4 Å². The van der Waals surface area contributed by atoms with Gasteiger partial charge in [0.15, 0.2) is 5.69 Å². The quantitative estimate of drug-likeness (QED) is 0.716. The summed E-state index contributed by atoms with van der Waals surface area (Å²) in [5.41, 5.74) is 1.83. The fourth-order valence-electron chi connectivity index (χ4n) is 2.92. The first-order chi connectivity index (χ1) is 12.3. The van der Waals surface area contributed by atoms with Gasteiger partial charge in [-0.25, -0.2) is 4.68 Å². The van der Waals surface area contributed by atoms with Gasteiger partial charge < -0.3 is 10.6 Å². The van der Waals surface area contributed by atoms with Crippen molar-refractivity contribution in [3.63, 3.8) is 0 Å². The highest BCUT2D eigenvalue weighted by Crippen LogP contribution is 2.17. The first-order valence-corrected chi connectivity index (χ1v) is 8.20. The van der Waals surface area contributed by atoms with Gasteiger partial charge in [-0.05, 0) is 54.1 Å². The van der Waals surface area contributed by atoms with E-state index in [1.54, 1.807) is 12.1 Å². The third-order valence-electron chi connectivity index (χ3n) is 4.20. The number of halogens is 1. The molecule has 1 aromatic carbocycles. The van der Waals surface area contributed by atoms with Gasteiger partial charge in [-0.2, -0.15) is 5.10 Å². The first kappa shape index (κ1) is 18.0. The van der Waals surface area contributed by atoms with Crippen molar-refractivity contribution in [3.8, 4) is 5.69 Å². The van der Waals surface area contributed by atoms with Crippen molar-refractivity contribution < 1.29 is 4.79 Å². The molecular formula is C16H19ClN8O. The maximum atomic E-state index is 12.5. The number of aromatic nitrogens is 6. The van der Waals surface area contributed by atoms with Gasteiger partial charge in [0.1, 0.15) is 6.33 Å². The van der Waals surface area contributed by atoms with E-state index < -0.39 is 0 Å². The molecule has 1 saturated heterocycles. The highest BCUT2D eigenvalue weighted by molar-refractivity contribution is 6.02. The van der Waals surface area contributed by atoms with Gasteiger partial charge in [0.05, 0.1) is 11.7 Å². The minimum Gasteiger partial charge on any atom is -0.321 e. The summed E-state index contributed by atoms with van der Waals surface area (Å²) < 4.78 is 3.40. The monoisotopic (exact) mass is 374 g/mol. The molecule has 4 rings (SSSR count). The van der Waals surface area contributed by atoms with Crippen molar-refractivity contribution in [3.05, 3.63) is 48.5 Å². The predicted octanol–water partition coefficient (Wildman–Crippen LogP) is 1.46. The summed E-state index contributed by atoms with van der Waals surface area (Å²) in [6.07, 6.45) is 5.56. The molecule has 1 atom stereocenters. The number of piperidine rings is 1. The number of nitrogens with one attached hydrogen (secondary N) is 2. The number of hydrogen-bond acceptors (Lipinski definition) is 6. The lowest BCUT2D eigenvalue weighted by Crippen LogP contribution is -2.32. The Morgan fingerprint density at radius 3 is 3.00 bits per heavy atom. The van der Waals surface area contributed by atoms with Crippen LogP contribution in [0.4, 0.5) is 5.69 Å². The van der Waals surface area contributed by atoms with Crippen LogP contribution in [0.15, 0.2) is 42.9 Å². The van der Waals surface area contributed by atoms with E-state index in [0.29, 0.717) is 17.4 Å². The zero-order valence-corrected chi connectivity index (χ0v) is 14.8. The topological polar surface area (TPSA) is 103 Å². The van der Waals surface area contributed by atoms with Crippen LogP contribution in [0.3, 0.4) is 0 Å². The Hall–Kier alpha value is -2.78. The largest absolute Gasteiger partial charge is 0.321 e. The summed E-state index contributed by atoms with van der Waals surface area (Å²) in [5, 5.41) is 21.7. The molecule has 0 aliphatic carbocycles. The van der Waals surface area contributed by atoms with E-state index in [-0.39, 0.29) is 18.3 Å². The van der Waals surface area contributed by atoms with E-state index in [2.05, 4.69) is 31.3 Å². The van der Waals surface area contributed by atoms with E-state index in [1.165, 1.54) is 11.0 Å². The lowest BCUT2D eigenvalue weighted by atomic mass is 10.1. The smallest absolute Gasteiger partial charge is 0.276 e. The second kappa shape index (κ2) is 8.07. The van der Waals surface area contributed by atoms with Crippen LogP contribution in [0.5, 0.6) is 0 Å². The summed E-state index contributed by atoms with van der Waals surface area (Å²) in [7, 11) is 0. The molecule has 9 nitrogen and oxygen atoms in total. The average Bonchev–Trinajstić information content (AvgIpc) is 3.35. The molecule has 1 aliphatic heterocycles. The second-order valence-electron chi connectivity index (χ2n) is 5.94. The fourth-order valence-corrected chi connectivity index (χ4v) is 2.92. The van der Waals surface area contributed by atoms with Crippen LogP contribution in [-0.4, -0.2) is 49.0 Å². The summed E-state index contributed by atoms with van der Waals surface area (Å²) in [6, 6.07) is 9.35. The number of anilines is 1. The Morgan fingerprint density at radius 1 is 1.31 bits per heavy atom. The molecule has 0 bridgehead atoms. The van der Waals surface area contributed by atoms with Gasteiger partial charge >= 0.3 is 0 Å². The molecule has 2 N–H and O–H groups in total. The van der Waals surface area contributed by atoms with Crippen molar-refractivity contribution in [2.24, 2.45) is 0 Å². The van der Waals surface area contributed by atoms with E-state index >= 15 is 0 Å². The van der Waals surface area contributed by atoms with Crippen molar-refractivity contribution >= 4 is 24.0 Å². The number of nitrogens with zero attached hydrogens (tertiary/aromatic N) is 6. The van der Waals surface area contributed by atoms with Gasteiger partial charge in [-0.3, -0.25) is 9.48 Å². The molecule has 136 valence electrons. The predicted molar refractivity (Wildman–Crippen MR) is 97.7 cm³/mol. The van der Waals surface area contributed by atoms with E-state index in [4.69, 9.17) is 0 Å². The fraction of sp³-hybridized carbons (Fsp3) is 0.312. The SMILES string of the molecule is Cl.O=C(Nc1cccc(-n2cnnn2)c1)c1ccn(C2CCCNC2)n1. The Labute approximate surface area is 156 Å². The third kappa shape index (κ3) is 3.89. The number of benzene rings is 1. The van der Waals surface area contributed by atoms with Crippen molar-refractivity contribution in [1.29, 1.82) is 0 Å². The number of carbonyl (C=O) groups excluding carboxylic acids is 1. The summed E-state index contributed by atoms with van der Waals surface area (Å²) in [6.45, 7) is 1.93. The molecule has 1 fully saturated rings. The number of tetrazole rings is 1. The van der Waals surface area contributed by atoms with E-state index in [1.807, 2.05) is 29.1 Å². The lowest BCUT2D eigenvalue weighted by Gasteiger charge is -2.22. The van der Waals surface area contributed by atoms with Crippen molar-refractivity contribution in [2.45, 2.75) is 18.9 Å². The van der Waals surface area contributed by atoms with Crippen LogP contribution in [-0.2, 0) is 0 Å². The molecule has 26 heavy (non-hydrogen) atoms. The highest BCUT2D eigenvalue weighted by Gasteiger charge is 2.17. The van der Waals surface area contributed by atoms with Crippen LogP contribution in [0, 0.1) is 0 Å². The van der Waals surface area contributed by atoms with Crippen LogP contribution >= 0.6 is 12.4 Å². The highest BCUT2D eigenvalue weighted by atomic mass is 35.5. The number of carbonyl (C=O) groups is 1. The molecule has 10 heteroatoms. The standard InChI is InChI=1S/C16H18N8O.ClH/c25-16(15-6-8-23(20-15)14-5-2-7-17-10-14)19-12-3-1-4-13(9-12)24-11-18-21-22-24;/h1,3-4,6,8-9,11,14,17H,2,5,7,10H2,(H,19,25);1H. The molecule has 0 saturated carbocycles. The first-order valence-electron chi connectivity index (χ1n) is 8.20. The van der Waals surface area contributed by atoms with Gasteiger partial charge in [-0.15, -0.1) is 17.5 Å². The molecular weight excluding hydrogens is 356 g/mol. The van der Waals surface area contributed by atoms with Crippen LogP contribution in [0.2, 0.25) is 0 Å². The number of rotatable bonds is 4. The van der Waals surface area contributed by atoms with Crippen LogP contribution in [0.25, 0.3) is 5.69 Å². The van der Waals surface area contributed by atoms with Gasteiger partial charge in [0, 0.05) is 18.4 Å². The maximum absolute atomic E-state index is 12.5. The summed E-state index contributed by atoms with van der Waals surface area (Å²) >= 11 is 0. The number of hydrogen-bond donors (Lipinski definition) is 2. The van der Waals surface area contributed by atoms with Gasteiger partial charge in [0.25, 0.3) is 5.91 Å². The minimum atomic E-state index is -0.239. The second-order valence-corrected chi connectivity index (χ2v) is 5.94. The van der Waals surface area contributed by atoms with Crippen molar-refractivity contribution in [1.82, 2.24) is 35.3 Å². The van der Waals surface area contributed by atoms with Gasteiger partial charge in [-0.1, -0.05) is 6.07 Å². The number of amides is 1. The Kier molecular flexibility index (Phi) is 5.59. The molecule has 2 aromatic heterocycles. The normalized spacial score (nSPS) is 16.7. The van der Waals surface area contributed by atoms with Gasteiger partial charge in [0.2, 0.25) is 0 Å². The van der Waals surface area contributed by atoms with E-state index in [9.17, 15) is 4.79 Å². The molecule has 3 heterocycles. The Bertz CT molecular complexity index is 857. The molecule has 1 amide bonds. The summed E-state index contributed by atoms with van der Waals surface area (Å²) in [4.78, 5) is 12.5. The lowest BCUT2D eigenvalue weighted by molar-refractivity contribution is 0.102. The Balaban J connectivity index is 0.00000196. The third-order valence-corrected chi connectivity index (χ3v) is 4.20.